The van der Waals surface area contributed by atoms with Crippen molar-refractivity contribution >= 4 is 5.91 Å². The van der Waals surface area contributed by atoms with Crippen molar-refractivity contribution in [2.24, 2.45) is 0 Å². The zero-order chi connectivity index (χ0) is 18.4. The molecule has 6 heteroatoms. The van der Waals surface area contributed by atoms with Gasteiger partial charge >= 0.3 is 0 Å². The molecule has 26 heavy (non-hydrogen) atoms. The van der Waals surface area contributed by atoms with Crippen LogP contribution in [-0.4, -0.2) is 27.7 Å². The van der Waals surface area contributed by atoms with Crippen molar-refractivity contribution in [1.82, 2.24) is 15.5 Å². The monoisotopic (exact) mass is 351 g/mol. The van der Waals surface area contributed by atoms with Crippen LogP contribution in [0.5, 0.6) is 5.75 Å². The van der Waals surface area contributed by atoms with E-state index >= 15 is 0 Å². The van der Waals surface area contributed by atoms with E-state index < -0.39 is 0 Å². The third-order valence-electron chi connectivity index (χ3n) is 4.07. The normalized spacial score (nSPS) is 10.7. The van der Waals surface area contributed by atoms with Gasteiger partial charge in [-0.3, -0.25) is 4.79 Å². The van der Waals surface area contributed by atoms with E-state index in [1.165, 1.54) is 0 Å². The molecule has 0 spiro atoms. The lowest BCUT2D eigenvalue weighted by Gasteiger charge is -2.04. The fraction of sp³-hybridized carbons (Fsp3) is 0.250. The summed E-state index contributed by atoms with van der Waals surface area (Å²) in [5, 5.41) is 16.1. The number of hydrogen-bond acceptors (Lipinski definition) is 5. The highest BCUT2D eigenvalue weighted by Gasteiger charge is 2.13. The van der Waals surface area contributed by atoms with Crippen molar-refractivity contribution in [3.63, 3.8) is 0 Å². The average Bonchev–Trinajstić information content (AvgIpc) is 3.09. The van der Waals surface area contributed by atoms with E-state index in [2.05, 4.69) is 15.5 Å². The van der Waals surface area contributed by atoms with Crippen LogP contribution in [0.1, 0.15) is 23.4 Å². The molecule has 0 aliphatic heterocycles. The number of amides is 1. The Balaban J connectivity index is 1.45. The molecule has 2 aromatic carbocycles. The summed E-state index contributed by atoms with van der Waals surface area (Å²) in [6.07, 6.45) is 1.71. The number of aromatic nitrogens is 2. The van der Waals surface area contributed by atoms with Crippen molar-refractivity contribution in [2.45, 2.75) is 26.2 Å². The summed E-state index contributed by atoms with van der Waals surface area (Å²) in [4.78, 5) is 16.3. The Labute approximate surface area is 151 Å². The number of aromatic hydroxyl groups is 1. The van der Waals surface area contributed by atoms with Crippen LogP contribution in [0.4, 0.5) is 0 Å². The Morgan fingerprint density at radius 2 is 1.92 bits per heavy atom. The zero-order valence-corrected chi connectivity index (χ0v) is 14.6. The Morgan fingerprint density at radius 3 is 2.69 bits per heavy atom. The van der Waals surface area contributed by atoms with Gasteiger partial charge in [0.1, 0.15) is 12.2 Å². The lowest BCUT2D eigenvalue weighted by Crippen LogP contribution is -2.26. The molecule has 0 aliphatic carbocycles. The summed E-state index contributed by atoms with van der Waals surface area (Å²) < 4.78 is 5.19. The minimum absolute atomic E-state index is 0.0676. The molecule has 0 atom stereocenters. The van der Waals surface area contributed by atoms with Crippen LogP contribution < -0.4 is 5.32 Å². The highest BCUT2D eigenvalue weighted by atomic mass is 16.5. The largest absolute Gasteiger partial charge is 0.508 e. The quantitative estimate of drug-likeness (QED) is 0.639. The van der Waals surface area contributed by atoms with Crippen molar-refractivity contribution in [1.29, 1.82) is 0 Å². The Hall–Kier alpha value is -3.15. The fourth-order valence-corrected chi connectivity index (χ4v) is 2.64. The number of benzene rings is 2. The van der Waals surface area contributed by atoms with Crippen LogP contribution in [0.2, 0.25) is 0 Å². The topological polar surface area (TPSA) is 88.2 Å². The summed E-state index contributed by atoms with van der Waals surface area (Å²) in [7, 11) is 0. The molecule has 0 saturated carbocycles. The van der Waals surface area contributed by atoms with Gasteiger partial charge in [0, 0.05) is 12.1 Å². The summed E-state index contributed by atoms with van der Waals surface area (Å²) in [6.45, 7) is 2.55. The molecule has 1 amide bonds. The van der Waals surface area contributed by atoms with Gasteiger partial charge < -0.3 is 14.9 Å². The minimum atomic E-state index is -0.143. The number of carbonyl (C=O) groups excluding carboxylic acids is 1. The SMILES string of the molecule is Cc1ccccc1-c1noc(CC(=O)NCCCc2ccc(O)cc2)n1. The zero-order valence-electron chi connectivity index (χ0n) is 14.6. The third-order valence-corrected chi connectivity index (χ3v) is 4.07. The molecule has 0 aliphatic rings. The number of hydrogen-bond donors (Lipinski definition) is 2. The molecule has 0 radical (unpaired) electrons. The molecule has 6 nitrogen and oxygen atoms in total. The molecule has 1 aromatic heterocycles. The Kier molecular flexibility index (Phi) is 5.63. The van der Waals surface area contributed by atoms with Crippen LogP contribution in [-0.2, 0) is 17.6 Å². The molecule has 0 bridgehead atoms. The first-order chi connectivity index (χ1) is 12.6. The lowest BCUT2D eigenvalue weighted by atomic mass is 10.1. The van der Waals surface area contributed by atoms with E-state index in [0.717, 1.165) is 29.5 Å². The predicted octanol–water partition coefficient (Wildman–Crippen LogP) is 3.04. The smallest absolute Gasteiger partial charge is 0.236 e. The van der Waals surface area contributed by atoms with E-state index in [1.807, 2.05) is 43.3 Å². The van der Waals surface area contributed by atoms with Crippen LogP contribution in [0.3, 0.4) is 0 Å². The van der Waals surface area contributed by atoms with E-state index in [1.54, 1.807) is 12.1 Å². The fourth-order valence-electron chi connectivity index (χ4n) is 2.64. The molecule has 2 N–H and O–H groups in total. The first-order valence-electron chi connectivity index (χ1n) is 8.55. The number of carbonyl (C=O) groups is 1. The van der Waals surface area contributed by atoms with Crippen LogP contribution in [0.15, 0.2) is 53.1 Å². The predicted molar refractivity (Wildman–Crippen MR) is 97.6 cm³/mol. The summed E-state index contributed by atoms with van der Waals surface area (Å²) >= 11 is 0. The summed E-state index contributed by atoms with van der Waals surface area (Å²) in [6, 6.07) is 14.8. The number of phenols is 1. The van der Waals surface area contributed by atoms with Gasteiger partial charge in [-0.25, -0.2) is 0 Å². The van der Waals surface area contributed by atoms with Crippen molar-refractivity contribution in [3.8, 4) is 17.1 Å². The van der Waals surface area contributed by atoms with Gasteiger partial charge in [-0.15, -0.1) is 0 Å². The maximum atomic E-state index is 12.0. The first-order valence-corrected chi connectivity index (χ1v) is 8.55. The van der Waals surface area contributed by atoms with Gasteiger partial charge in [-0.2, -0.15) is 4.98 Å². The standard InChI is InChI=1S/C20H21N3O3/c1-14-5-2-3-7-17(14)20-22-19(26-23-20)13-18(25)21-12-4-6-15-8-10-16(24)11-9-15/h2-3,5,7-11,24H,4,6,12-13H2,1H3,(H,21,25). The molecule has 0 fully saturated rings. The molecule has 3 aromatic rings. The molecule has 3 rings (SSSR count). The van der Waals surface area contributed by atoms with E-state index in [0.29, 0.717) is 18.3 Å². The Morgan fingerprint density at radius 1 is 1.15 bits per heavy atom. The molecule has 0 saturated heterocycles. The maximum Gasteiger partial charge on any atom is 0.236 e. The van der Waals surface area contributed by atoms with Gasteiger partial charge in [0.2, 0.25) is 17.6 Å². The van der Waals surface area contributed by atoms with Gasteiger partial charge in [0.05, 0.1) is 0 Å². The lowest BCUT2D eigenvalue weighted by molar-refractivity contribution is -0.120. The highest BCUT2D eigenvalue weighted by molar-refractivity contribution is 5.77. The second-order valence-electron chi connectivity index (χ2n) is 6.12. The number of aryl methyl sites for hydroxylation is 2. The first kappa shape index (κ1) is 17.7. The van der Waals surface area contributed by atoms with E-state index in [9.17, 15) is 9.90 Å². The third kappa shape index (κ3) is 4.69. The Bertz CT molecular complexity index is 872. The summed E-state index contributed by atoms with van der Waals surface area (Å²) in [5.41, 5.74) is 3.08. The maximum absolute atomic E-state index is 12.0. The molecular formula is C20H21N3O3. The van der Waals surface area contributed by atoms with Crippen molar-refractivity contribution < 1.29 is 14.4 Å². The van der Waals surface area contributed by atoms with Crippen LogP contribution in [0, 0.1) is 6.92 Å². The molecule has 0 unspecified atom stereocenters. The highest BCUT2D eigenvalue weighted by Crippen LogP contribution is 2.19. The van der Waals surface area contributed by atoms with E-state index in [-0.39, 0.29) is 18.1 Å². The second kappa shape index (κ2) is 8.29. The average molecular weight is 351 g/mol. The van der Waals surface area contributed by atoms with Crippen LogP contribution in [0.25, 0.3) is 11.4 Å². The van der Waals surface area contributed by atoms with Crippen LogP contribution >= 0.6 is 0 Å². The minimum Gasteiger partial charge on any atom is -0.508 e. The number of nitrogens with zero attached hydrogens (tertiary/aromatic N) is 2. The number of nitrogens with one attached hydrogen (secondary N) is 1. The molecule has 1 heterocycles. The van der Waals surface area contributed by atoms with Crippen molar-refractivity contribution in [3.05, 3.63) is 65.5 Å². The molecule has 134 valence electrons. The molecular weight excluding hydrogens is 330 g/mol. The number of phenolic OH excluding ortho intramolecular Hbond substituents is 1. The van der Waals surface area contributed by atoms with Gasteiger partial charge in [-0.1, -0.05) is 41.6 Å². The van der Waals surface area contributed by atoms with Crippen molar-refractivity contribution in [2.75, 3.05) is 6.54 Å². The summed E-state index contributed by atoms with van der Waals surface area (Å²) in [5.74, 6) is 0.917. The van der Waals surface area contributed by atoms with Gasteiger partial charge in [-0.05, 0) is 43.0 Å². The second-order valence-corrected chi connectivity index (χ2v) is 6.12. The van der Waals surface area contributed by atoms with Gasteiger partial charge in [0.15, 0.2) is 0 Å². The van der Waals surface area contributed by atoms with E-state index in [4.69, 9.17) is 4.52 Å². The van der Waals surface area contributed by atoms with Gasteiger partial charge in [0.25, 0.3) is 0 Å². The number of rotatable bonds is 7.